The summed E-state index contributed by atoms with van der Waals surface area (Å²) in [5.74, 6) is 0.0272. The van der Waals surface area contributed by atoms with Crippen molar-refractivity contribution in [3.05, 3.63) is 189 Å². The molecule has 2 aliphatic rings. The monoisotopic (exact) mass is 1050 g/mol. The average molecular weight is 1050 g/mol. The summed E-state index contributed by atoms with van der Waals surface area (Å²) in [5.41, 5.74) is 3.06. The molecule has 0 radical (unpaired) electrons. The molecular weight excluding hydrogens is 997 g/mol. The number of aromatic amines is 1. The number of nitrogens with one attached hydrogen (secondary N) is 1. The van der Waals surface area contributed by atoms with Crippen molar-refractivity contribution in [3.63, 3.8) is 0 Å². The molecule has 0 bridgehead atoms. The van der Waals surface area contributed by atoms with Gasteiger partial charge in [0, 0.05) is 81.1 Å². The fourth-order valence-electron chi connectivity index (χ4n) is 9.94. The molecule has 2 fully saturated rings. The van der Waals surface area contributed by atoms with Crippen molar-refractivity contribution >= 4 is 28.2 Å². The highest BCUT2D eigenvalue weighted by atomic mass is 19.1. The summed E-state index contributed by atoms with van der Waals surface area (Å²) in [6, 6.07) is 17.6. The third-order valence-corrected chi connectivity index (χ3v) is 13.9. The smallest absolute Gasteiger partial charge is 0.420 e. The fourth-order valence-corrected chi connectivity index (χ4v) is 9.94. The maximum Gasteiger partial charge on any atom is 0.420 e. The molecule has 10 aromatic rings. The van der Waals surface area contributed by atoms with E-state index >= 15 is 0 Å². The molecule has 8 aromatic heterocycles. The van der Waals surface area contributed by atoms with E-state index in [1.54, 1.807) is 46.8 Å². The number of benzene rings is 2. The number of pyridine rings is 4. The molecule has 392 valence electrons. The van der Waals surface area contributed by atoms with E-state index in [9.17, 15) is 32.6 Å². The van der Waals surface area contributed by atoms with Gasteiger partial charge in [0.05, 0.1) is 33.5 Å². The van der Waals surface area contributed by atoms with Gasteiger partial charge in [0.15, 0.2) is 0 Å². The van der Waals surface area contributed by atoms with Crippen molar-refractivity contribution < 1.29 is 46.4 Å². The molecule has 12 rings (SSSR count). The number of fused-ring (bicyclic) bond motifs is 2. The first-order chi connectivity index (χ1) is 36.7. The molecule has 16 nitrogen and oxygen atoms in total. The number of ether oxygens (including phenoxy) is 1. The molecule has 77 heavy (non-hydrogen) atoms. The first-order valence-corrected chi connectivity index (χ1v) is 24.8. The van der Waals surface area contributed by atoms with Gasteiger partial charge in [0.25, 0.3) is 0 Å². The number of H-pyrrole nitrogens is 1. The van der Waals surface area contributed by atoms with Gasteiger partial charge in [-0.25, -0.2) is 39.3 Å². The van der Waals surface area contributed by atoms with Crippen molar-refractivity contribution in [2.45, 2.75) is 103 Å². The lowest BCUT2D eigenvalue weighted by atomic mass is 9.80. The summed E-state index contributed by atoms with van der Waals surface area (Å²) < 4.78 is 73.5. The first kappa shape index (κ1) is 50.7. The van der Waals surface area contributed by atoms with Gasteiger partial charge in [-0.05, 0) is 158 Å². The second-order valence-electron chi connectivity index (χ2n) is 20.6. The van der Waals surface area contributed by atoms with E-state index in [2.05, 4.69) is 35.2 Å². The molecule has 2 saturated carbocycles. The summed E-state index contributed by atoms with van der Waals surface area (Å²) in [4.78, 5) is 42.0. The van der Waals surface area contributed by atoms with Crippen LogP contribution in [0.1, 0.15) is 126 Å². The lowest BCUT2D eigenvalue weighted by Crippen LogP contribution is -2.30. The maximum atomic E-state index is 14.0. The molecule has 2 aliphatic carbocycles. The Labute approximate surface area is 437 Å². The Kier molecular flexibility index (Phi) is 12.5. The molecule has 2 aromatic carbocycles. The Morgan fingerprint density at radius 1 is 0.610 bits per heavy atom. The van der Waals surface area contributed by atoms with Gasteiger partial charge < -0.3 is 29.0 Å². The molecule has 8 heterocycles. The zero-order valence-corrected chi connectivity index (χ0v) is 42.8. The van der Waals surface area contributed by atoms with Crippen LogP contribution in [-0.4, -0.2) is 71.7 Å². The van der Waals surface area contributed by atoms with Crippen LogP contribution >= 0.6 is 0 Å². The summed E-state index contributed by atoms with van der Waals surface area (Å²) in [7, 11) is 0. The summed E-state index contributed by atoms with van der Waals surface area (Å²) in [5, 5.41) is 33.3. The zero-order valence-electron chi connectivity index (χ0n) is 42.8. The number of hydrogen-bond donors (Lipinski definition) is 3. The molecule has 0 aliphatic heterocycles. The van der Waals surface area contributed by atoms with Gasteiger partial charge in [-0.15, -0.1) is 0 Å². The van der Waals surface area contributed by atoms with Crippen molar-refractivity contribution in [1.82, 2.24) is 49.8 Å². The van der Waals surface area contributed by atoms with E-state index in [-0.39, 0.29) is 22.6 Å². The van der Waals surface area contributed by atoms with E-state index < -0.39 is 46.7 Å². The number of aliphatic hydroxyl groups is 2. The fraction of sp³-hybridized carbons (Fsp3) is 0.281. The van der Waals surface area contributed by atoms with Gasteiger partial charge in [-0.2, -0.15) is 17.6 Å². The molecule has 20 heteroatoms. The van der Waals surface area contributed by atoms with Crippen LogP contribution < -0.4 is 0 Å². The standard InChI is InChI=1S/C31H29F2N5O4.C26H21F2N5O2/c1-16-26(17(2)42-37-16)19-12-22(31(40,20-8-10-24(32)34-14-20)21-9-11-25(33)35-15-21)27-23(13-19)38(28(36-27)18-6-7-18)29(39)41-30(3,4)5;1-13-23(14(2)35-33-13)16-9-19(24-20(10-16)31-25(32-24)15-3-4-15)26(34,17-5-7-21(27)29-11-17)18-6-8-22(28)30-12-18/h8-15,18,40H,6-7H2,1-5H3;5-12,15,34H,3-4H2,1-2H3,(H,31,32). The Morgan fingerprint density at radius 3 is 1.42 bits per heavy atom. The van der Waals surface area contributed by atoms with Crippen LogP contribution in [0.15, 0.2) is 107 Å². The average Bonchev–Trinajstić information content (AvgIpc) is 4.49. The van der Waals surface area contributed by atoms with E-state index in [0.717, 1.165) is 60.3 Å². The number of aromatic nitrogens is 10. The number of aryl methyl sites for hydroxylation is 4. The minimum absolute atomic E-state index is 0.0216. The SMILES string of the molecule is Cc1noc(C)c1-c1cc(C(O)(c2ccc(F)nc2)c2ccc(F)nc2)c2nc(C3CC3)[nH]c2c1.Cc1noc(C)c1-c1cc(C(O)(c2ccc(F)nc2)c2ccc(F)nc2)c2nc(C3CC3)n(C(=O)OC(C)(C)C)c2c1. The Morgan fingerprint density at radius 2 is 1.04 bits per heavy atom. The van der Waals surface area contributed by atoms with Crippen molar-refractivity contribution in [3.8, 4) is 22.3 Å². The second-order valence-corrected chi connectivity index (χ2v) is 20.6. The van der Waals surface area contributed by atoms with E-state index in [1.165, 1.54) is 65.8 Å². The molecule has 0 unspecified atom stereocenters. The van der Waals surface area contributed by atoms with Crippen LogP contribution in [0.3, 0.4) is 0 Å². The summed E-state index contributed by atoms with van der Waals surface area (Å²) in [6.07, 6.45) is 8.10. The quantitative estimate of drug-likeness (QED) is 0.0858. The minimum Gasteiger partial charge on any atom is -0.443 e. The third kappa shape index (κ3) is 9.30. The number of imidazole rings is 2. The van der Waals surface area contributed by atoms with Crippen LogP contribution in [0.2, 0.25) is 0 Å². The molecular formula is C57H50F4N10O6. The lowest BCUT2D eigenvalue weighted by molar-refractivity contribution is 0.0538. The molecule has 3 N–H and O–H groups in total. The Bertz CT molecular complexity index is 3750. The molecule has 0 atom stereocenters. The van der Waals surface area contributed by atoms with Gasteiger partial charge >= 0.3 is 6.09 Å². The second kappa shape index (κ2) is 19.0. The topological polar surface area (TPSA) is 217 Å². The van der Waals surface area contributed by atoms with Gasteiger partial charge in [0.1, 0.15) is 40.0 Å². The highest BCUT2D eigenvalue weighted by Gasteiger charge is 2.42. The van der Waals surface area contributed by atoms with Gasteiger partial charge in [-0.3, -0.25) is 0 Å². The van der Waals surface area contributed by atoms with Crippen LogP contribution in [0.25, 0.3) is 44.3 Å². The van der Waals surface area contributed by atoms with Gasteiger partial charge in [0.2, 0.25) is 23.8 Å². The van der Waals surface area contributed by atoms with Crippen molar-refractivity contribution in [2.24, 2.45) is 0 Å². The number of hydrogen-bond acceptors (Lipinski definition) is 14. The Balaban J connectivity index is 0.000000166. The highest BCUT2D eigenvalue weighted by Crippen LogP contribution is 2.48. The highest BCUT2D eigenvalue weighted by molar-refractivity contribution is 5.94. The summed E-state index contributed by atoms with van der Waals surface area (Å²) in [6.45, 7) is 12.6. The lowest BCUT2D eigenvalue weighted by Gasteiger charge is -2.30. The number of nitrogens with zero attached hydrogens (tertiary/aromatic N) is 9. The van der Waals surface area contributed by atoms with Crippen LogP contribution in [0, 0.1) is 51.5 Å². The van der Waals surface area contributed by atoms with E-state index in [1.807, 2.05) is 26.0 Å². The number of rotatable bonds is 10. The normalized spacial score (nSPS) is 14.0. The molecule has 0 amide bonds. The van der Waals surface area contributed by atoms with Crippen LogP contribution in [-0.2, 0) is 15.9 Å². The number of carbonyl (C=O) groups is 1. The predicted octanol–water partition coefficient (Wildman–Crippen LogP) is 11.4. The largest absolute Gasteiger partial charge is 0.443 e. The number of carbonyl (C=O) groups excluding carboxylic acids is 1. The Hall–Kier alpha value is -8.49. The van der Waals surface area contributed by atoms with Gasteiger partial charge in [-0.1, -0.05) is 10.3 Å². The molecule has 0 saturated heterocycles. The van der Waals surface area contributed by atoms with E-state index in [4.69, 9.17) is 23.8 Å². The predicted molar refractivity (Wildman–Crippen MR) is 272 cm³/mol. The van der Waals surface area contributed by atoms with E-state index in [0.29, 0.717) is 79.0 Å². The van der Waals surface area contributed by atoms with Crippen LogP contribution in [0.4, 0.5) is 22.4 Å². The minimum atomic E-state index is -2.04. The molecule has 0 spiro atoms. The number of halogens is 4. The van der Waals surface area contributed by atoms with Crippen LogP contribution in [0.5, 0.6) is 0 Å². The van der Waals surface area contributed by atoms with Crippen molar-refractivity contribution in [2.75, 3.05) is 0 Å². The maximum absolute atomic E-state index is 14.0. The van der Waals surface area contributed by atoms with Crippen molar-refractivity contribution in [1.29, 1.82) is 0 Å². The first-order valence-electron chi connectivity index (χ1n) is 24.8. The third-order valence-electron chi connectivity index (χ3n) is 13.9. The zero-order chi connectivity index (χ0) is 54.3. The summed E-state index contributed by atoms with van der Waals surface area (Å²) >= 11 is 0.